The predicted octanol–water partition coefficient (Wildman–Crippen LogP) is 3.57. The summed E-state index contributed by atoms with van der Waals surface area (Å²) in [7, 11) is 0. The van der Waals surface area contributed by atoms with Gasteiger partial charge in [-0.15, -0.1) is 0 Å². The number of aliphatic hydroxyl groups is 1. The van der Waals surface area contributed by atoms with Crippen molar-refractivity contribution in [2.75, 3.05) is 46.2 Å². The van der Waals surface area contributed by atoms with Gasteiger partial charge in [0, 0.05) is 18.2 Å². The van der Waals surface area contributed by atoms with Crippen LogP contribution in [0.2, 0.25) is 0 Å². The minimum absolute atomic E-state index is 0.330. The van der Waals surface area contributed by atoms with Crippen LogP contribution in [0.15, 0.2) is 38.0 Å². The van der Waals surface area contributed by atoms with Crippen molar-refractivity contribution >= 4 is 39.4 Å². The molecule has 10 nitrogen and oxygen atoms in total. The Balaban J connectivity index is 0. The van der Waals surface area contributed by atoms with Crippen molar-refractivity contribution < 1.29 is 42.7 Å². The van der Waals surface area contributed by atoms with Crippen molar-refractivity contribution in [3.63, 3.8) is 0 Å². The van der Waals surface area contributed by atoms with Crippen molar-refractivity contribution in [1.29, 1.82) is 0 Å². The average molecular weight is 639 g/mol. The number of unbranched alkanes of at least 4 members (excludes halogenated alkanes) is 3. The molecule has 37 heavy (non-hydrogen) atoms. The van der Waals surface area contributed by atoms with Gasteiger partial charge < -0.3 is 19.3 Å². The van der Waals surface area contributed by atoms with Gasteiger partial charge >= 0.3 is 128 Å². The van der Waals surface area contributed by atoms with Crippen molar-refractivity contribution in [3.8, 4) is 0 Å². The second-order valence-corrected chi connectivity index (χ2v) is 11.4. The standard InChI is InChI=1S/C14H18O7.3C4H9O.Sb/c1-4-11(16)19-8-14(7-15,9-20-12(17)5-2)10-21-13(18)6-3;3*1-2-3-4-5;/h4-6,15H,1-3,7-10H2;3*2-4H2,1H3;/q;3*-1;+3. The Morgan fingerprint density at radius 3 is 1.19 bits per heavy atom. The van der Waals surface area contributed by atoms with Gasteiger partial charge in [0.2, 0.25) is 0 Å². The van der Waals surface area contributed by atoms with Crippen LogP contribution >= 0.6 is 0 Å². The van der Waals surface area contributed by atoms with Crippen molar-refractivity contribution in [2.45, 2.75) is 59.3 Å². The zero-order valence-electron chi connectivity index (χ0n) is 22.6. The Hall–Kier alpha value is -1.71. The Labute approximate surface area is 230 Å². The SMILES string of the molecule is C=CC(=O)OCC(CO)(COC(=O)C=C)COC(=O)C=C.CCCC[O][Sb]([O]CCCC)[O]CCCC. The molecule has 0 aromatic rings. The van der Waals surface area contributed by atoms with E-state index in [1.54, 1.807) is 0 Å². The summed E-state index contributed by atoms with van der Waals surface area (Å²) in [5.74, 6) is -2.17. The number of esters is 3. The molecule has 0 heterocycles. The van der Waals surface area contributed by atoms with E-state index in [0.29, 0.717) is 0 Å². The Morgan fingerprint density at radius 1 is 0.676 bits per heavy atom. The van der Waals surface area contributed by atoms with Gasteiger partial charge in [0.25, 0.3) is 0 Å². The summed E-state index contributed by atoms with van der Waals surface area (Å²) in [6, 6.07) is 0. The fourth-order valence-corrected chi connectivity index (χ4v) is 5.09. The first-order valence-corrected chi connectivity index (χ1v) is 15.6. The van der Waals surface area contributed by atoms with E-state index in [9.17, 15) is 19.5 Å². The summed E-state index contributed by atoms with van der Waals surface area (Å²) in [4.78, 5) is 33.3. The third-order valence-electron chi connectivity index (χ3n) is 4.48. The molecule has 0 amide bonds. The normalized spacial score (nSPS) is 10.6. The molecule has 0 atom stereocenters. The molecule has 0 fully saturated rings. The fraction of sp³-hybridized carbons (Fsp3) is 0.654. The van der Waals surface area contributed by atoms with E-state index in [4.69, 9.17) is 23.3 Å². The van der Waals surface area contributed by atoms with E-state index < -0.39 is 51.4 Å². The van der Waals surface area contributed by atoms with Gasteiger partial charge in [-0.3, -0.25) is 0 Å². The molecule has 0 aromatic carbocycles. The molecular weight excluding hydrogens is 594 g/mol. The molecule has 0 radical (unpaired) electrons. The van der Waals surface area contributed by atoms with Crippen LogP contribution < -0.4 is 0 Å². The molecule has 0 rings (SSSR count). The molecule has 0 saturated carbocycles. The average Bonchev–Trinajstić information content (AvgIpc) is 2.92. The summed E-state index contributed by atoms with van der Waals surface area (Å²) in [5, 5.41) is 9.48. The molecule has 11 heteroatoms. The number of hydrogen-bond donors (Lipinski definition) is 1. The van der Waals surface area contributed by atoms with Gasteiger partial charge in [0.15, 0.2) is 0 Å². The number of hydrogen-bond acceptors (Lipinski definition) is 10. The number of rotatable bonds is 22. The first-order valence-electron chi connectivity index (χ1n) is 12.4. The van der Waals surface area contributed by atoms with E-state index in [2.05, 4.69) is 40.5 Å². The van der Waals surface area contributed by atoms with Crippen LogP contribution in [0.4, 0.5) is 0 Å². The van der Waals surface area contributed by atoms with Crippen LogP contribution in [0, 0.1) is 5.41 Å². The van der Waals surface area contributed by atoms with Crippen molar-refractivity contribution in [2.24, 2.45) is 5.41 Å². The first kappa shape index (κ1) is 37.4. The molecule has 0 bridgehead atoms. The van der Waals surface area contributed by atoms with Gasteiger partial charge in [0.1, 0.15) is 19.8 Å². The number of carbonyl (C=O) groups is 3. The van der Waals surface area contributed by atoms with E-state index in [0.717, 1.165) is 76.6 Å². The molecule has 0 saturated heterocycles. The quantitative estimate of drug-likeness (QED) is 0.0618. The molecule has 214 valence electrons. The van der Waals surface area contributed by atoms with Crippen molar-refractivity contribution in [1.82, 2.24) is 0 Å². The zero-order chi connectivity index (χ0) is 28.4. The summed E-state index contributed by atoms with van der Waals surface area (Å²) < 4.78 is 31.6. The van der Waals surface area contributed by atoms with Gasteiger partial charge in [-0.2, -0.15) is 0 Å². The molecule has 0 unspecified atom stereocenters. The van der Waals surface area contributed by atoms with Gasteiger partial charge in [-0.25, -0.2) is 14.4 Å². The number of aliphatic hydroxyl groups excluding tert-OH is 1. The van der Waals surface area contributed by atoms with Gasteiger partial charge in [-0.05, 0) is 0 Å². The van der Waals surface area contributed by atoms with Crippen LogP contribution in [0.1, 0.15) is 59.3 Å². The number of carbonyl (C=O) groups excluding carboxylic acids is 3. The second kappa shape index (κ2) is 25.9. The van der Waals surface area contributed by atoms with Gasteiger partial charge in [0.05, 0.1) is 12.0 Å². The fourth-order valence-electron chi connectivity index (χ4n) is 2.07. The summed E-state index contributed by atoms with van der Waals surface area (Å²) in [6.45, 7) is 17.1. The molecular formula is C26H45O10Sb. The predicted molar refractivity (Wildman–Crippen MR) is 141 cm³/mol. The van der Waals surface area contributed by atoms with Crippen LogP contribution in [-0.2, 0) is 37.6 Å². The summed E-state index contributed by atoms with van der Waals surface area (Å²) >= 11 is -2.27. The van der Waals surface area contributed by atoms with Crippen molar-refractivity contribution in [3.05, 3.63) is 38.0 Å². The molecule has 0 aliphatic carbocycles. The molecule has 0 aliphatic heterocycles. The van der Waals surface area contributed by atoms with E-state index >= 15 is 0 Å². The second-order valence-electron chi connectivity index (χ2n) is 7.88. The minimum atomic E-state index is -2.27. The molecule has 1 N–H and O–H groups in total. The van der Waals surface area contributed by atoms with Gasteiger partial charge in [-0.1, -0.05) is 19.7 Å². The third kappa shape index (κ3) is 22.0. The Bertz CT molecular complexity index is 570. The van der Waals surface area contributed by atoms with E-state index in [1.165, 1.54) is 0 Å². The van der Waals surface area contributed by atoms with E-state index in [1.807, 2.05) is 0 Å². The first-order chi connectivity index (χ1) is 17.8. The Kier molecular flexibility index (Phi) is 26.2. The van der Waals surface area contributed by atoms with Crippen LogP contribution in [0.25, 0.3) is 0 Å². The molecule has 0 aromatic heterocycles. The van der Waals surface area contributed by atoms with Crippen LogP contribution in [-0.4, -0.2) is 90.7 Å². The molecule has 0 spiro atoms. The third-order valence-corrected chi connectivity index (χ3v) is 7.85. The topological polar surface area (TPSA) is 127 Å². The summed E-state index contributed by atoms with van der Waals surface area (Å²) in [5.41, 5.74) is -1.28. The van der Waals surface area contributed by atoms with Crippen LogP contribution in [0.5, 0.6) is 0 Å². The summed E-state index contributed by atoms with van der Waals surface area (Å²) in [6.07, 6.45) is 9.63. The molecule has 0 aliphatic rings. The van der Waals surface area contributed by atoms with Crippen LogP contribution in [0.3, 0.4) is 0 Å². The monoisotopic (exact) mass is 638 g/mol. The Morgan fingerprint density at radius 2 is 0.973 bits per heavy atom. The maximum atomic E-state index is 11.1. The zero-order valence-corrected chi connectivity index (χ0v) is 25.2. The maximum absolute atomic E-state index is 11.1. The number of ether oxygens (including phenoxy) is 3. The van der Waals surface area contributed by atoms with E-state index in [-0.39, 0.29) is 19.8 Å².